The predicted octanol–water partition coefficient (Wildman–Crippen LogP) is 11.9. The molecule has 0 aliphatic heterocycles. The Labute approximate surface area is 306 Å². The van der Waals surface area contributed by atoms with Gasteiger partial charge in [-0.05, 0) is 40.1 Å². The van der Waals surface area contributed by atoms with Crippen LogP contribution in [0, 0.1) is 0 Å². The van der Waals surface area contributed by atoms with E-state index in [1.807, 2.05) is 66.7 Å². The molecule has 53 heavy (non-hydrogen) atoms. The van der Waals surface area contributed by atoms with Crippen molar-refractivity contribution in [2.24, 2.45) is 0 Å². The van der Waals surface area contributed by atoms with Crippen LogP contribution in [0.4, 0.5) is 0 Å². The Balaban J connectivity index is 1.24. The van der Waals surface area contributed by atoms with Crippen molar-refractivity contribution in [2.45, 2.75) is 0 Å². The quantitative estimate of drug-likeness (QED) is 0.164. The highest BCUT2D eigenvalue weighted by molar-refractivity contribution is 6.24. The largest absolute Gasteiger partial charge is 0.292 e. The molecule has 248 valence electrons. The van der Waals surface area contributed by atoms with Crippen molar-refractivity contribution in [2.75, 3.05) is 0 Å². The predicted molar refractivity (Wildman–Crippen MR) is 217 cm³/mol. The molecule has 2 aromatic heterocycles. The van der Waals surface area contributed by atoms with Crippen molar-refractivity contribution >= 4 is 32.6 Å². The lowest BCUT2D eigenvalue weighted by Gasteiger charge is -2.14. The molecule has 10 rings (SSSR count). The van der Waals surface area contributed by atoms with Gasteiger partial charge in [0, 0.05) is 38.7 Å². The Kier molecular flexibility index (Phi) is 7.40. The van der Waals surface area contributed by atoms with Crippen LogP contribution in [0.1, 0.15) is 0 Å². The molecule has 0 saturated carbocycles. The van der Waals surface area contributed by atoms with Gasteiger partial charge in [0.1, 0.15) is 5.82 Å². The van der Waals surface area contributed by atoms with Gasteiger partial charge in [-0.15, -0.1) is 0 Å². The van der Waals surface area contributed by atoms with Crippen LogP contribution in [0.2, 0.25) is 0 Å². The second-order valence-electron chi connectivity index (χ2n) is 13.1. The summed E-state index contributed by atoms with van der Waals surface area (Å²) in [4.78, 5) is 20.5. The number of hydrogen-bond acceptors (Lipinski definition) is 4. The molecule has 0 radical (unpaired) electrons. The lowest BCUT2D eigenvalue weighted by Crippen LogP contribution is -2.02. The van der Waals surface area contributed by atoms with Crippen LogP contribution in [0.25, 0.3) is 94.9 Å². The summed E-state index contributed by atoms with van der Waals surface area (Å²) in [6, 6.07) is 65.1. The fraction of sp³-hybridized carbons (Fsp3) is 0. The molecule has 0 atom stereocenters. The number of rotatable bonds is 6. The minimum Gasteiger partial charge on any atom is -0.292 e. The fourth-order valence-corrected chi connectivity index (χ4v) is 7.34. The molecule has 0 fully saturated rings. The fourth-order valence-electron chi connectivity index (χ4n) is 7.34. The van der Waals surface area contributed by atoms with Crippen LogP contribution in [0.3, 0.4) is 0 Å². The third-order valence-electron chi connectivity index (χ3n) is 9.82. The molecule has 0 unspecified atom stereocenters. The van der Waals surface area contributed by atoms with Gasteiger partial charge >= 0.3 is 0 Å². The molecule has 2 heterocycles. The molecule has 10 aromatic rings. The number of nitrogens with zero attached hydrogens (tertiary/aromatic N) is 5. The van der Waals surface area contributed by atoms with Crippen LogP contribution >= 0.6 is 0 Å². The average molecular weight is 678 g/mol. The zero-order valence-corrected chi connectivity index (χ0v) is 28.6. The molecule has 0 bridgehead atoms. The minimum atomic E-state index is 0.604. The maximum absolute atomic E-state index is 5.50. The molecule has 8 aromatic carbocycles. The first kappa shape index (κ1) is 30.6. The number of fused-ring (bicyclic) bond motifs is 6. The van der Waals surface area contributed by atoms with Gasteiger partial charge < -0.3 is 0 Å². The monoisotopic (exact) mass is 677 g/mol. The van der Waals surface area contributed by atoms with Gasteiger partial charge in [0.05, 0.1) is 11.0 Å². The molecule has 0 aliphatic rings. The normalized spacial score (nSPS) is 11.4. The maximum atomic E-state index is 5.50. The number of imidazole rings is 1. The first-order valence-corrected chi connectivity index (χ1v) is 17.7. The second-order valence-corrected chi connectivity index (χ2v) is 13.1. The van der Waals surface area contributed by atoms with E-state index in [1.54, 1.807) is 0 Å². The van der Waals surface area contributed by atoms with Crippen LogP contribution in [-0.2, 0) is 0 Å². The molecule has 0 saturated heterocycles. The van der Waals surface area contributed by atoms with Crippen LogP contribution in [0.15, 0.2) is 188 Å². The third kappa shape index (κ3) is 5.43. The van der Waals surface area contributed by atoms with E-state index in [-0.39, 0.29) is 0 Å². The van der Waals surface area contributed by atoms with Crippen LogP contribution in [0.5, 0.6) is 0 Å². The summed E-state index contributed by atoms with van der Waals surface area (Å²) in [5.41, 5.74) is 9.06. The molecular formula is C48H31N5. The third-order valence-corrected chi connectivity index (χ3v) is 9.82. The first-order chi connectivity index (χ1) is 26.3. The van der Waals surface area contributed by atoms with Gasteiger partial charge in [0.25, 0.3) is 0 Å². The van der Waals surface area contributed by atoms with E-state index in [1.165, 1.54) is 10.8 Å². The summed E-state index contributed by atoms with van der Waals surface area (Å²) in [7, 11) is 0. The Morgan fingerprint density at radius 2 is 0.755 bits per heavy atom. The Bertz CT molecular complexity index is 2880. The second kappa shape index (κ2) is 12.8. The van der Waals surface area contributed by atoms with Crippen molar-refractivity contribution in [1.82, 2.24) is 24.5 Å². The molecule has 5 heteroatoms. The average Bonchev–Trinajstić information content (AvgIpc) is 3.66. The molecular weight excluding hydrogens is 647 g/mol. The number of hydrogen-bond donors (Lipinski definition) is 0. The Morgan fingerprint density at radius 1 is 0.302 bits per heavy atom. The van der Waals surface area contributed by atoms with Crippen LogP contribution < -0.4 is 0 Å². The van der Waals surface area contributed by atoms with Gasteiger partial charge in [-0.3, -0.25) is 4.57 Å². The Hall–Kier alpha value is -7.24. The number of aromatic nitrogens is 5. The standard InChI is InChI=1S/C48H31N5/c1-4-16-32(17-5-1)35-22-14-24-37(30-35)48-49-43-41-28-12-10-26-39(41)40-27-11-13-29-42(40)44(43)53(48)38-25-15-23-36(31-38)47-51-45(33-18-6-2-7-19-33)50-46(52-47)34-20-8-3-9-21-34/h1-31H. The molecule has 5 nitrogen and oxygen atoms in total. The highest BCUT2D eigenvalue weighted by Crippen LogP contribution is 2.40. The summed E-state index contributed by atoms with van der Waals surface area (Å²) in [5.74, 6) is 2.72. The van der Waals surface area contributed by atoms with Crippen LogP contribution in [-0.4, -0.2) is 24.5 Å². The zero-order valence-electron chi connectivity index (χ0n) is 28.6. The summed E-state index contributed by atoms with van der Waals surface area (Å²) >= 11 is 0. The highest BCUT2D eigenvalue weighted by atomic mass is 15.1. The molecule has 0 aliphatic carbocycles. The molecule has 0 spiro atoms. The van der Waals surface area contributed by atoms with Gasteiger partial charge in [-0.2, -0.15) is 0 Å². The smallest absolute Gasteiger partial charge is 0.164 e. The SMILES string of the molecule is c1ccc(-c2cccc(-c3nc4c5ccccc5c5ccccc5c4n3-c3cccc(-c4nc(-c5ccccc5)nc(-c5ccccc5)n4)c3)c2)cc1. The summed E-state index contributed by atoms with van der Waals surface area (Å²) in [6.45, 7) is 0. The summed E-state index contributed by atoms with van der Waals surface area (Å²) in [5, 5.41) is 4.64. The lowest BCUT2D eigenvalue weighted by molar-refractivity contribution is 1.07. The van der Waals surface area contributed by atoms with E-state index in [4.69, 9.17) is 19.9 Å². The van der Waals surface area contributed by atoms with Crippen molar-refractivity contribution in [3.8, 4) is 62.4 Å². The zero-order chi connectivity index (χ0) is 35.1. The van der Waals surface area contributed by atoms with Crippen molar-refractivity contribution in [1.29, 1.82) is 0 Å². The minimum absolute atomic E-state index is 0.604. The van der Waals surface area contributed by atoms with Crippen molar-refractivity contribution < 1.29 is 0 Å². The van der Waals surface area contributed by atoms with E-state index < -0.39 is 0 Å². The first-order valence-electron chi connectivity index (χ1n) is 17.7. The maximum Gasteiger partial charge on any atom is 0.164 e. The lowest BCUT2D eigenvalue weighted by atomic mass is 10.00. The topological polar surface area (TPSA) is 56.5 Å². The van der Waals surface area contributed by atoms with E-state index in [2.05, 4.69) is 126 Å². The van der Waals surface area contributed by atoms with E-state index >= 15 is 0 Å². The van der Waals surface area contributed by atoms with E-state index in [9.17, 15) is 0 Å². The van der Waals surface area contributed by atoms with Gasteiger partial charge in [0.15, 0.2) is 17.5 Å². The van der Waals surface area contributed by atoms with E-state index in [0.29, 0.717) is 17.5 Å². The summed E-state index contributed by atoms with van der Waals surface area (Å²) in [6.07, 6.45) is 0. The highest BCUT2D eigenvalue weighted by Gasteiger charge is 2.21. The Morgan fingerprint density at radius 3 is 1.40 bits per heavy atom. The van der Waals surface area contributed by atoms with Crippen molar-refractivity contribution in [3.05, 3.63) is 188 Å². The van der Waals surface area contributed by atoms with Gasteiger partial charge in [0.2, 0.25) is 0 Å². The summed E-state index contributed by atoms with van der Waals surface area (Å²) < 4.78 is 2.31. The molecule has 0 amide bonds. The molecule has 0 N–H and O–H groups in total. The van der Waals surface area contributed by atoms with Gasteiger partial charge in [-0.1, -0.05) is 170 Å². The van der Waals surface area contributed by atoms with E-state index in [0.717, 1.165) is 66.7 Å². The van der Waals surface area contributed by atoms with Gasteiger partial charge in [-0.25, -0.2) is 19.9 Å². The number of benzene rings is 8. The van der Waals surface area contributed by atoms with Crippen molar-refractivity contribution in [3.63, 3.8) is 0 Å².